The maximum atomic E-state index is 11.9. The van der Waals surface area contributed by atoms with Crippen molar-refractivity contribution in [2.24, 2.45) is 16.8 Å². The molecule has 7 nitrogen and oxygen atoms in total. The van der Waals surface area contributed by atoms with Gasteiger partial charge in [-0.25, -0.2) is 0 Å². The van der Waals surface area contributed by atoms with E-state index < -0.39 is 16.3 Å². The molecule has 8 heteroatoms. The molecule has 19 heavy (non-hydrogen) atoms. The topological polar surface area (TPSA) is 117 Å². The second-order valence-corrected chi connectivity index (χ2v) is 6.89. The summed E-state index contributed by atoms with van der Waals surface area (Å²) in [7, 11) is -3.59. The normalized spacial score (nSPS) is 24.3. The van der Waals surface area contributed by atoms with E-state index in [1.165, 1.54) is 0 Å². The third kappa shape index (κ3) is 4.32. The highest BCUT2D eigenvalue weighted by Gasteiger charge is 2.33. The highest BCUT2D eigenvalue weighted by Crippen LogP contribution is 2.27. The third-order valence-corrected chi connectivity index (χ3v) is 4.94. The van der Waals surface area contributed by atoms with Crippen LogP contribution in [-0.2, 0) is 10.2 Å². The Kier molecular flexibility index (Phi) is 4.64. The Morgan fingerprint density at radius 1 is 1.21 bits per heavy atom. The molecule has 0 heterocycles. The van der Waals surface area contributed by atoms with E-state index >= 15 is 0 Å². The number of nitrogens with one attached hydrogen (secondary N) is 2. The van der Waals surface area contributed by atoms with Gasteiger partial charge in [-0.05, 0) is 31.6 Å². The Hall–Kier alpha value is -0.860. The van der Waals surface area contributed by atoms with Crippen LogP contribution in [0.25, 0.3) is 0 Å². The van der Waals surface area contributed by atoms with Crippen LogP contribution in [0, 0.1) is 5.92 Å². The van der Waals surface area contributed by atoms with Crippen LogP contribution in [0.5, 0.6) is 0 Å². The monoisotopic (exact) mass is 290 g/mol. The van der Waals surface area contributed by atoms with E-state index in [1.54, 1.807) is 0 Å². The first kappa shape index (κ1) is 14.5. The molecule has 2 aliphatic carbocycles. The maximum absolute atomic E-state index is 11.9. The quantitative estimate of drug-likeness (QED) is 0.243. The van der Waals surface area contributed by atoms with Gasteiger partial charge in [-0.1, -0.05) is 24.4 Å². The zero-order valence-electron chi connectivity index (χ0n) is 10.9. The molecule has 5 N–H and O–H groups in total. The first-order chi connectivity index (χ1) is 9.02. The van der Waals surface area contributed by atoms with Crippen molar-refractivity contribution in [3.63, 3.8) is 0 Å². The van der Waals surface area contributed by atoms with Crippen molar-refractivity contribution in [2.75, 3.05) is 0 Å². The lowest BCUT2D eigenvalue weighted by atomic mass is 9.84. The molecule has 0 aromatic carbocycles. The fourth-order valence-corrected chi connectivity index (χ4v) is 3.94. The number of amidine groups is 1. The minimum atomic E-state index is -3.59. The van der Waals surface area contributed by atoms with Gasteiger partial charge in [0.15, 0.2) is 5.84 Å². The SMILES string of the molecule is NC(=NO)C(NS(=O)(=O)NC1CC1)C1CCCCC1. The zero-order chi connectivity index (χ0) is 13.9. The third-order valence-electron chi connectivity index (χ3n) is 3.74. The van der Waals surface area contributed by atoms with Crippen LogP contribution >= 0.6 is 0 Å². The van der Waals surface area contributed by atoms with Crippen LogP contribution in [-0.4, -0.2) is 31.5 Å². The van der Waals surface area contributed by atoms with Crippen LogP contribution in [0.15, 0.2) is 5.16 Å². The second-order valence-electron chi connectivity index (χ2n) is 5.41. The molecular weight excluding hydrogens is 268 g/mol. The highest BCUT2D eigenvalue weighted by atomic mass is 32.2. The molecule has 1 unspecified atom stereocenters. The average molecular weight is 290 g/mol. The van der Waals surface area contributed by atoms with Crippen molar-refractivity contribution in [1.29, 1.82) is 0 Å². The first-order valence-electron chi connectivity index (χ1n) is 6.79. The predicted octanol–water partition coefficient (Wildman–Crippen LogP) is 0.268. The van der Waals surface area contributed by atoms with Crippen LogP contribution in [0.3, 0.4) is 0 Å². The molecule has 2 rings (SSSR count). The average Bonchev–Trinajstić information content (AvgIpc) is 3.19. The Morgan fingerprint density at radius 3 is 2.37 bits per heavy atom. The van der Waals surface area contributed by atoms with E-state index in [9.17, 15) is 8.42 Å². The van der Waals surface area contributed by atoms with Gasteiger partial charge < -0.3 is 10.9 Å². The fraction of sp³-hybridized carbons (Fsp3) is 0.909. The van der Waals surface area contributed by atoms with Crippen LogP contribution in [0.1, 0.15) is 44.9 Å². The summed E-state index contributed by atoms with van der Waals surface area (Å²) in [6.45, 7) is 0. The molecular formula is C11H22N4O3S. The van der Waals surface area contributed by atoms with Gasteiger partial charge >= 0.3 is 0 Å². The smallest absolute Gasteiger partial charge is 0.277 e. The van der Waals surface area contributed by atoms with Crippen molar-refractivity contribution < 1.29 is 13.6 Å². The number of nitrogens with zero attached hydrogens (tertiary/aromatic N) is 1. The summed E-state index contributed by atoms with van der Waals surface area (Å²) < 4.78 is 29.0. The van der Waals surface area contributed by atoms with E-state index in [2.05, 4.69) is 14.6 Å². The van der Waals surface area contributed by atoms with E-state index in [0.717, 1.165) is 44.9 Å². The van der Waals surface area contributed by atoms with Gasteiger partial charge in [0.25, 0.3) is 10.2 Å². The maximum Gasteiger partial charge on any atom is 0.277 e. The lowest BCUT2D eigenvalue weighted by Crippen LogP contribution is -2.53. The molecule has 110 valence electrons. The van der Waals surface area contributed by atoms with Gasteiger partial charge in [0.05, 0.1) is 6.04 Å². The van der Waals surface area contributed by atoms with Crippen LogP contribution < -0.4 is 15.2 Å². The van der Waals surface area contributed by atoms with E-state index in [1.807, 2.05) is 0 Å². The standard InChI is InChI=1S/C11H22N4O3S/c12-11(13-16)10(8-4-2-1-3-5-8)15-19(17,18)14-9-6-7-9/h8-10,14-16H,1-7H2,(H2,12,13). The van der Waals surface area contributed by atoms with Gasteiger partial charge in [0, 0.05) is 6.04 Å². The molecule has 0 amide bonds. The number of hydrogen-bond acceptors (Lipinski definition) is 4. The second kappa shape index (κ2) is 6.06. The molecule has 0 aromatic heterocycles. The molecule has 2 fully saturated rings. The summed E-state index contributed by atoms with van der Waals surface area (Å²) in [6, 6.07) is -0.585. The van der Waals surface area contributed by atoms with Crippen LogP contribution in [0.4, 0.5) is 0 Å². The van der Waals surface area contributed by atoms with E-state index in [4.69, 9.17) is 10.9 Å². The number of nitrogens with two attached hydrogens (primary N) is 1. The molecule has 0 aliphatic heterocycles. The zero-order valence-corrected chi connectivity index (χ0v) is 11.7. The molecule has 2 saturated carbocycles. The molecule has 0 bridgehead atoms. The van der Waals surface area contributed by atoms with Gasteiger partial charge in [-0.2, -0.15) is 17.9 Å². The van der Waals surface area contributed by atoms with Gasteiger partial charge in [0.1, 0.15) is 0 Å². The van der Waals surface area contributed by atoms with Crippen molar-refractivity contribution >= 4 is 16.0 Å². The Morgan fingerprint density at radius 2 is 1.84 bits per heavy atom. The van der Waals surface area contributed by atoms with Crippen molar-refractivity contribution in [2.45, 2.75) is 57.0 Å². The molecule has 0 spiro atoms. The van der Waals surface area contributed by atoms with Crippen molar-refractivity contribution in [3.8, 4) is 0 Å². The van der Waals surface area contributed by atoms with Crippen LogP contribution in [0.2, 0.25) is 0 Å². The molecule has 2 aliphatic rings. The summed E-state index contributed by atoms with van der Waals surface area (Å²) >= 11 is 0. The van der Waals surface area contributed by atoms with E-state index in [-0.39, 0.29) is 17.8 Å². The summed E-state index contributed by atoms with van der Waals surface area (Å²) in [4.78, 5) is 0. The Labute approximate surface area is 113 Å². The Bertz CT molecular complexity index is 427. The summed E-state index contributed by atoms with van der Waals surface area (Å²) in [5.74, 6) is 0.0356. The minimum absolute atomic E-state index is 0.0387. The summed E-state index contributed by atoms with van der Waals surface area (Å²) in [6.07, 6.45) is 6.80. The lowest BCUT2D eigenvalue weighted by molar-refractivity contribution is 0.297. The van der Waals surface area contributed by atoms with Gasteiger partial charge in [-0.3, -0.25) is 0 Å². The van der Waals surface area contributed by atoms with Gasteiger partial charge in [-0.15, -0.1) is 0 Å². The molecule has 0 aromatic rings. The predicted molar refractivity (Wildman–Crippen MR) is 72.0 cm³/mol. The van der Waals surface area contributed by atoms with Crippen molar-refractivity contribution in [1.82, 2.24) is 9.44 Å². The Balaban J connectivity index is 2.04. The molecule has 0 radical (unpaired) electrons. The van der Waals surface area contributed by atoms with Crippen molar-refractivity contribution in [3.05, 3.63) is 0 Å². The number of hydrogen-bond donors (Lipinski definition) is 4. The highest BCUT2D eigenvalue weighted by molar-refractivity contribution is 7.87. The molecule has 1 atom stereocenters. The van der Waals surface area contributed by atoms with Gasteiger partial charge in [0.2, 0.25) is 0 Å². The number of rotatable bonds is 6. The minimum Gasteiger partial charge on any atom is -0.409 e. The summed E-state index contributed by atoms with van der Waals surface area (Å²) in [5, 5.41) is 11.8. The molecule has 0 saturated heterocycles. The lowest BCUT2D eigenvalue weighted by Gasteiger charge is -2.29. The summed E-state index contributed by atoms with van der Waals surface area (Å²) in [5.41, 5.74) is 5.65. The first-order valence-corrected chi connectivity index (χ1v) is 8.27. The fourth-order valence-electron chi connectivity index (χ4n) is 2.55. The van der Waals surface area contributed by atoms with E-state index in [0.29, 0.717) is 0 Å². The number of oxime groups is 1. The largest absolute Gasteiger partial charge is 0.409 e.